The summed E-state index contributed by atoms with van der Waals surface area (Å²) in [6, 6.07) is 5.87. The molecule has 2 N–H and O–H groups in total. The summed E-state index contributed by atoms with van der Waals surface area (Å²) in [4.78, 5) is 22.8. The van der Waals surface area contributed by atoms with Gasteiger partial charge in [0.1, 0.15) is 5.82 Å². The van der Waals surface area contributed by atoms with Crippen molar-refractivity contribution in [3.63, 3.8) is 0 Å². The largest absolute Gasteiger partial charge is 0.451 e. The number of nitrogens with zero attached hydrogens (tertiary/aromatic N) is 2. The standard InChI is InChI=1S/C15H14FN3O3/c16-9-4-6-10(7-5-9)19-12-3-1-2-11(12)14(18-19)15(21)22-8-13(17)20/h4-7H,1-3,8H2,(H2,17,20). The SMILES string of the molecule is NC(=O)COC(=O)c1nn(-c2ccc(F)cc2)c2c1CCC2. The van der Waals surface area contributed by atoms with E-state index >= 15 is 0 Å². The first-order chi connectivity index (χ1) is 10.6. The Kier molecular flexibility index (Phi) is 3.62. The van der Waals surface area contributed by atoms with Crippen molar-refractivity contribution in [1.29, 1.82) is 0 Å². The van der Waals surface area contributed by atoms with Gasteiger partial charge in [-0.05, 0) is 43.5 Å². The number of halogens is 1. The van der Waals surface area contributed by atoms with E-state index in [1.165, 1.54) is 12.1 Å². The Morgan fingerprint density at radius 3 is 2.68 bits per heavy atom. The van der Waals surface area contributed by atoms with Gasteiger partial charge in [-0.1, -0.05) is 0 Å². The molecule has 1 aromatic heterocycles. The molecule has 0 aliphatic heterocycles. The third-order valence-electron chi connectivity index (χ3n) is 3.54. The van der Waals surface area contributed by atoms with Crippen LogP contribution in [0.2, 0.25) is 0 Å². The molecule has 22 heavy (non-hydrogen) atoms. The topological polar surface area (TPSA) is 87.2 Å². The molecule has 0 radical (unpaired) electrons. The summed E-state index contributed by atoms with van der Waals surface area (Å²) in [5, 5.41) is 4.28. The van der Waals surface area contributed by atoms with E-state index in [2.05, 4.69) is 5.10 Å². The van der Waals surface area contributed by atoms with Gasteiger partial charge in [0, 0.05) is 11.3 Å². The lowest BCUT2D eigenvalue weighted by atomic mass is 10.2. The number of amides is 1. The van der Waals surface area contributed by atoms with Crippen LogP contribution in [0.4, 0.5) is 4.39 Å². The van der Waals surface area contributed by atoms with Crippen molar-refractivity contribution < 1.29 is 18.7 Å². The maximum atomic E-state index is 13.0. The average molecular weight is 303 g/mol. The number of primary amides is 1. The predicted octanol–water partition coefficient (Wildman–Crippen LogP) is 1.14. The number of carbonyl (C=O) groups is 2. The summed E-state index contributed by atoms with van der Waals surface area (Å²) in [5.74, 6) is -1.73. The van der Waals surface area contributed by atoms with E-state index in [-0.39, 0.29) is 11.5 Å². The molecule has 1 aromatic carbocycles. The number of nitrogens with two attached hydrogens (primary N) is 1. The van der Waals surface area contributed by atoms with Crippen LogP contribution in [-0.4, -0.2) is 28.3 Å². The van der Waals surface area contributed by atoms with Crippen molar-refractivity contribution >= 4 is 11.9 Å². The molecule has 114 valence electrons. The fourth-order valence-electron chi connectivity index (χ4n) is 2.60. The van der Waals surface area contributed by atoms with Crippen LogP contribution in [0.5, 0.6) is 0 Å². The molecule has 1 amide bonds. The molecule has 1 heterocycles. The van der Waals surface area contributed by atoms with E-state index in [0.717, 1.165) is 30.5 Å². The molecule has 0 unspecified atom stereocenters. The second-order valence-electron chi connectivity index (χ2n) is 5.06. The van der Waals surface area contributed by atoms with E-state index in [1.54, 1.807) is 16.8 Å². The van der Waals surface area contributed by atoms with Crippen molar-refractivity contribution in [2.24, 2.45) is 5.73 Å². The van der Waals surface area contributed by atoms with Crippen molar-refractivity contribution in [2.75, 3.05) is 6.61 Å². The summed E-state index contributed by atoms with van der Waals surface area (Å²) in [7, 11) is 0. The zero-order valence-electron chi connectivity index (χ0n) is 11.7. The van der Waals surface area contributed by atoms with Crippen LogP contribution in [0.3, 0.4) is 0 Å². The highest BCUT2D eigenvalue weighted by Crippen LogP contribution is 2.28. The minimum atomic E-state index is -0.719. The fourth-order valence-corrected chi connectivity index (χ4v) is 2.60. The number of hydrogen-bond acceptors (Lipinski definition) is 4. The van der Waals surface area contributed by atoms with Crippen LogP contribution in [0.1, 0.15) is 28.2 Å². The zero-order valence-corrected chi connectivity index (χ0v) is 11.7. The van der Waals surface area contributed by atoms with Crippen molar-refractivity contribution in [3.8, 4) is 5.69 Å². The Labute approximate surface area is 125 Å². The molecular formula is C15H14FN3O3. The third-order valence-corrected chi connectivity index (χ3v) is 3.54. The van der Waals surface area contributed by atoms with Gasteiger partial charge >= 0.3 is 5.97 Å². The van der Waals surface area contributed by atoms with Gasteiger partial charge in [-0.25, -0.2) is 13.9 Å². The normalized spacial score (nSPS) is 13.0. The molecule has 2 aromatic rings. The van der Waals surface area contributed by atoms with Crippen molar-refractivity contribution in [3.05, 3.63) is 47.0 Å². The number of aromatic nitrogens is 2. The van der Waals surface area contributed by atoms with Crippen LogP contribution >= 0.6 is 0 Å². The summed E-state index contributed by atoms with van der Waals surface area (Å²) < 4.78 is 19.5. The smallest absolute Gasteiger partial charge is 0.359 e. The highest BCUT2D eigenvalue weighted by atomic mass is 19.1. The van der Waals surface area contributed by atoms with Crippen molar-refractivity contribution in [1.82, 2.24) is 9.78 Å². The Bertz CT molecular complexity index is 737. The summed E-state index contributed by atoms with van der Waals surface area (Å²) in [6.07, 6.45) is 2.41. The lowest BCUT2D eigenvalue weighted by Crippen LogP contribution is -2.21. The van der Waals surface area contributed by atoms with Crippen LogP contribution in [0, 0.1) is 5.82 Å². The fraction of sp³-hybridized carbons (Fsp3) is 0.267. The van der Waals surface area contributed by atoms with E-state index in [4.69, 9.17) is 10.5 Å². The maximum absolute atomic E-state index is 13.0. The Morgan fingerprint density at radius 1 is 1.27 bits per heavy atom. The Morgan fingerprint density at radius 2 is 2.00 bits per heavy atom. The van der Waals surface area contributed by atoms with Gasteiger partial charge in [-0.2, -0.15) is 5.10 Å². The maximum Gasteiger partial charge on any atom is 0.359 e. The molecule has 0 bridgehead atoms. The summed E-state index contributed by atoms with van der Waals surface area (Å²) >= 11 is 0. The molecule has 1 aliphatic rings. The third kappa shape index (κ3) is 2.57. The highest BCUT2D eigenvalue weighted by Gasteiger charge is 2.28. The summed E-state index contributed by atoms with van der Waals surface area (Å²) in [5.41, 5.74) is 7.56. The number of benzene rings is 1. The van der Waals surface area contributed by atoms with Gasteiger partial charge < -0.3 is 10.5 Å². The van der Waals surface area contributed by atoms with E-state index in [1.807, 2.05) is 0 Å². The lowest BCUT2D eigenvalue weighted by Gasteiger charge is -2.05. The Balaban J connectivity index is 1.96. The first-order valence-electron chi connectivity index (χ1n) is 6.88. The average Bonchev–Trinajstić information content (AvgIpc) is 3.08. The molecule has 0 spiro atoms. The molecule has 0 atom stereocenters. The number of carbonyl (C=O) groups excluding carboxylic acids is 2. The molecule has 0 saturated heterocycles. The van der Waals surface area contributed by atoms with Gasteiger partial charge in [0.05, 0.1) is 5.69 Å². The van der Waals surface area contributed by atoms with Crippen LogP contribution in [0.15, 0.2) is 24.3 Å². The van der Waals surface area contributed by atoms with Gasteiger partial charge in [-0.15, -0.1) is 0 Å². The van der Waals surface area contributed by atoms with Crippen molar-refractivity contribution in [2.45, 2.75) is 19.3 Å². The van der Waals surface area contributed by atoms with Gasteiger partial charge in [0.15, 0.2) is 12.3 Å². The number of rotatable bonds is 4. The molecule has 6 nitrogen and oxygen atoms in total. The Hall–Kier alpha value is -2.70. The number of ether oxygens (including phenoxy) is 1. The van der Waals surface area contributed by atoms with Gasteiger partial charge in [0.2, 0.25) is 0 Å². The highest BCUT2D eigenvalue weighted by molar-refractivity contribution is 5.91. The van der Waals surface area contributed by atoms with E-state index in [9.17, 15) is 14.0 Å². The van der Waals surface area contributed by atoms with Crippen LogP contribution < -0.4 is 5.73 Å². The number of esters is 1. The first kappa shape index (κ1) is 14.2. The molecule has 3 rings (SSSR count). The predicted molar refractivity (Wildman–Crippen MR) is 75.0 cm³/mol. The van der Waals surface area contributed by atoms with Crippen LogP contribution in [-0.2, 0) is 22.4 Å². The van der Waals surface area contributed by atoms with Gasteiger partial charge in [-0.3, -0.25) is 4.79 Å². The first-order valence-corrected chi connectivity index (χ1v) is 6.88. The second-order valence-corrected chi connectivity index (χ2v) is 5.06. The minimum Gasteiger partial charge on any atom is -0.451 e. The number of hydrogen-bond donors (Lipinski definition) is 1. The minimum absolute atomic E-state index is 0.193. The number of fused-ring (bicyclic) bond motifs is 1. The molecule has 0 saturated carbocycles. The molecule has 0 fully saturated rings. The quantitative estimate of drug-likeness (QED) is 0.858. The van der Waals surface area contributed by atoms with Gasteiger partial charge in [0.25, 0.3) is 5.91 Å². The van der Waals surface area contributed by atoms with E-state index in [0.29, 0.717) is 5.69 Å². The zero-order chi connectivity index (χ0) is 15.7. The molecular weight excluding hydrogens is 289 g/mol. The second kappa shape index (κ2) is 5.59. The lowest BCUT2D eigenvalue weighted by molar-refractivity contribution is -0.121. The summed E-state index contributed by atoms with van der Waals surface area (Å²) in [6.45, 7) is -0.475. The monoisotopic (exact) mass is 303 g/mol. The van der Waals surface area contributed by atoms with Crippen LogP contribution in [0.25, 0.3) is 5.69 Å². The molecule has 1 aliphatic carbocycles. The van der Waals surface area contributed by atoms with E-state index < -0.39 is 18.5 Å². The molecule has 7 heteroatoms.